The van der Waals surface area contributed by atoms with Gasteiger partial charge in [-0.15, -0.1) is 0 Å². The third-order valence-corrected chi connectivity index (χ3v) is 3.48. The van der Waals surface area contributed by atoms with Gasteiger partial charge >= 0.3 is 5.97 Å². The summed E-state index contributed by atoms with van der Waals surface area (Å²) in [4.78, 5) is 14.2. The lowest BCUT2D eigenvalue weighted by atomic mass is 9.96. The molecule has 1 aliphatic rings. The van der Waals surface area contributed by atoms with Crippen LogP contribution in [0.5, 0.6) is 0 Å². The number of carbonyl (C=O) groups excluding carboxylic acids is 1. The van der Waals surface area contributed by atoms with Gasteiger partial charge in [-0.3, -0.25) is 4.79 Å². The first-order valence-electron chi connectivity index (χ1n) is 6.57. The van der Waals surface area contributed by atoms with Gasteiger partial charge in [0.1, 0.15) is 5.54 Å². The standard InChI is InChI=1S/C13H26N2O2/c1-5-14-13(3,12(16)17-4)10-15-8-6-7-11(2)9-15/h11,14H,5-10H2,1-4H3. The van der Waals surface area contributed by atoms with Gasteiger partial charge < -0.3 is 15.0 Å². The molecule has 0 saturated carbocycles. The van der Waals surface area contributed by atoms with Gasteiger partial charge in [-0.25, -0.2) is 0 Å². The largest absolute Gasteiger partial charge is 0.468 e. The van der Waals surface area contributed by atoms with Gasteiger partial charge in [0, 0.05) is 13.1 Å². The number of nitrogens with one attached hydrogen (secondary N) is 1. The van der Waals surface area contributed by atoms with Crippen molar-refractivity contribution < 1.29 is 9.53 Å². The summed E-state index contributed by atoms with van der Waals surface area (Å²) in [7, 11) is 1.46. The van der Waals surface area contributed by atoms with Gasteiger partial charge in [-0.05, 0) is 38.8 Å². The molecule has 0 aromatic heterocycles. The van der Waals surface area contributed by atoms with Crippen LogP contribution in [0.4, 0.5) is 0 Å². The predicted molar refractivity (Wildman–Crippen MR) is 68.9 cm³/mol. The first kappa shape index (κ1) is 14.5. The maximum absolute atomic E-state index is 11.9. The highest BCUT2D eigenvalue weighted by Crippen LogP contribution is 2.18. The molecule has 0 aromatic rings. The summed E-state index contributed by atoms with van der Waals surface area (Å²) >= 11 is 0. The average molecular weight is 242 g/mol. The lowest BCUT2D eigenvalue weighted by Gasteiger charge is -2.37. The zero-order valence-corrected chi connectivity index (χ0v) is 11.6. The van der Waals surface area contributed by atoms with Crippen molar-refractivity contribution in [3.8, 4) is 0 Å². The Morgan fingerprint density at radius 1 is 1.59 bits per heavy atom. The quantitative estimate of drug-likeness (QED) is 0.737. The molecular formula is C13H26N2O2. The maximum Gasteiger partial charge on any atom is 0.327 e. The Hall–Kier alpha value is -0.610. The molecule has 1 N–H and O–H groups in total. The molecule has 0 bridgehead atoms. The Bertz CT molecular complexity index is 258. The SMILES string of the molecule is CCNC(C)(CN1CCCC(C)C1)C(=O)OC. The Balaban J connectivity index is 2.62. The van der Waals surface area contributed by atoms with Crippen LogP contribution in [0.25, 0.3) is 0 Å². The fourth-order valence-corrected chi connectivity index (χ4v) is 2.69. The average Bonchev–Trinajstić information content (AvgIpc) is 2.28. The molecule has 1 fully saturated rings. The number of hydrogen-bond acceptors (Lipinski definition) is 4. The minimum Gasteiger partial charge on any atom is -0.468 e. The van der Waals surface area contributed by atoms with E-state index in [2.05, 4.69) is 17.1 Å². The summed E-state index contributed by atoms with van der Waals surface area (Å²) in [5.41, 5.74) is -0.583. The highest BCUT2D eigenvalue weighted by molar-refractivity contribution is 5.80. The predicted octanol–water partition coefficient (Wildman–Crippen LogP) is 1.26. The van der Waals surface area contributed by atoms with Crippen molar-refractivity contribution in [3.63, 3.8) is 0 Å². The fourth-order valence-electron chi connectivity index (χ4n) is 2.69. The minimum atomic E-state index is -0.583. The summed E-state index contributed by atoms with van der Waals surface area (Å²) in [6, 6.07) is 0. The molecule has 0 aromatic carbocycles. The van der Waals surface area contributed by atoms with E-state index in [1.165, 1.54) is 20.0 Å². The number of carbonyl (C=O) groups is 1. The molecule has 100 valence electrons. The van der Waals surface area contributed by atoms with Crippen LogP contribution in [-0.4, -0.2) is 49.7 Å². The monoisotopic (exact) mass is 242 g/mol. The van der Waals surface area contributed by atoms with Crippen molar-refractivity contribution in [1.82, 2.24) is 10.2 Å². The number of methoxy groups -OCH3 is 1. The second-order valence-corrected chi connectivity index (χ2v) is 5.34. The normalized spacial score (nSPS) is 25.3. The van der Waals surface area contributed by atoms with Crippen molar-refractivity contribution >= 4 is 5.97 Å². The molecular weight excluding hydrogens is 216 g/mol. The molecule has 0 amide bonds. The summed E-state index contributed by atoms with van der Waals surface area (Å²) in [5.74, 6) is 0.560. The smallest absolute Gasteiger partial charge is 0.327 e. The molecule has 2 unspecified atom stereocenters. The lowest BCUT2D eigenvalue weighted by Crippen LogP contribution is -2.58. The van der Waals surface area contributed by atoms with E-state index in [4.69, 9.17) is 4.74 Å². The van der Waals surface area contributed by atoms with Crippen molar-refractivity contribution in [2.45, 2.75) is 39.2 Å². The molecule has 2 atom stereocenters. The second-order valence-electron chi connectivity index (χ2n) is 5.34. The van der Waals surface area contributed by atoms with Gasteiger partial charge in [-0.2, -0.15) is 0 Å². The number of hydrogen-bond donors (Lipinski definition) is 1. The highest BCUT2D eigenvalue weighted by Gasteiger charge is 2.36. The molecule has 1 heterocycles. The van der Waals surface area contributed by atoms with Gasteiger partial charge in [0.15, 0.2) is 0 Å². The van der Waals surface area contributed by atoms with Crippen LogP contribution in [0.15, 0.2) is 0 Å². The van der Waals surface area contributed by atoms with Crippen LogP contribution in [0.3, 0.4) is 0 Å². The van der Waals surface area contributed by atoms with Crippen LogP contribution in [0.2, 0.25) is 0 Å². The zero-order chi connectivity index (χ0) is 12.9. The van der Waals surface area contributed by atoms with E-state index < -0.39 is 5.54 Å². The van der Waals surface area contributed by atoms with Crippen molar-refractivity contribution in [3.05, 3.63) is 0 Å². The van der Waals surface area contributed by atoms with Crippen LogP contribution >= 0.6 is 0 Å². The Kier molecular flexibility index (Phi) is 5.40. The fraction of sp³-hybridized carbons (Fsp3) is 0.923. The molecule has 0 aliphatic carbocycles. The van der Waals surface area contributed by atoms with E-state index in [0.717, 1.165) is 32.1 Å². The third kappa shape index (κ3) is 3.96. The molecule has 1 aliphatic heterocycles. The van der Waals surface area contributed by atoms with E-state index >= 15 is 0 Å². The summed E-state index contributed by atoms with van der Waals surface area (Å²) in [6.07, 6.45) is 2.52. The van der Waals surface area contributed by atoms with Crippen LogP contribution in [0, 0.1) is 5.92 Å². The van der Waals surface area contributed by atoms with Crippen molar-refractivity contribution in [2.24, 2.45) is 5.92 Å². The van der Waals surface area contributed by atoms with Gasteiger partial charge in [0.05, 0.1) is 7.11 Å². The molecule has 17 heavy (non-hydrogen) atoms. The van der Waals surface area contributed by atoms with Crippen LogP contribution in [-0.2, 0) is 9.53 Å². The highest BCUT2D eigenvalue weighted by atomic mass is 16.5. The van der Waals surface area contributed by atoms with Crippen LogP contribution < -0.4 is 5.32 Å². The summed E-state index contributed by atoms with van der Waals surface area (Å²) < 4.78 is 4.91. The first-order valence-corrected chi connectivity index (χ1v) is 6.57. The Morgan fingerprint density at radius 3 is 2.82 bits per heavy atom. The number of rotatable bonds is 5. The van der Waals surface area contributed by atoms with E-state index in [-0.39, 0.29) is 5.97 Å². The Morgan fingerprint density at radius 2 is 2.29 bits per heavy atom. The maximum atomic E-state index is 11.9. The number of esters is 1. The molecule has 4 heteroatoms. The number of likely N-dealkylation sites (tertiary alicyclic amines) is 1. The van der Waals surface area contributed by atoms with E-state index in [0.29, 0.717) is 0 Å². The lowest BCUT2D eigenvalue weighted by molar-refractivity contribution is -0.149. The van der Waals surface area contributed by atoms with E-state index in [1.807, 2.05) is 13.8 Å². The second kappa shape index (κ2) is 6.36. The first-order chi connectivity index (χ1) is 8.01. The van der Waals surface area contributed by atoms with Gasteiger partial charge in [0.25, 0.3) is 0 Å². The van der Waals surface area contributed by atoms with E-state index in [1.54, 1.807) is 0 Å². The van der Waals surface area contributed by atoms with Crippen LogP contribution in [0.1, 0.15) is 33.6 Å². The molecule has 1 saturated heterocycles. The van der Waals surface area contributed by atoms with Crippen molar-refractivity contribution in [1.29, 1.82) is 0 Å². The summed E-state index contributed by atoms with van der Waals surface area (Å²) in [6.45, 7) is 9.89. The van der Waals surface area contributed by atoms with Gasteiger partial charge in [-0.1, -0.05) is 13.8 Å². The van der Waals surface area contributed by atoms with E-state index in [9.17, 15) is 4.79 Å². The topological polar surface area (TPSA) is 41.6 Å². The molecule has 1 rings (SSSR count). The van der Waals surface area contributed by atoms with Crippen molar-refractivity contribution in [2.75, 3.05) is 33.3 Å². The third-order valence-electron chi connectivity index (χ3n) is 3.48. The zero-order valence-electron chi connectivity index (χ0n) is 11.6. The Labute approximate surface area is 105 Å². The number of likely N-dealkylation sites (N-methyl/N-ethyl adjacent to an activating group) is 1. The number of piperidine rings is 1. The molecule has 4 nitrogen and oxygen atoms in total. The number of ether oxygens (including phenoxy) is 1. The van der Waals surface area contributed by atoms with Gasteiger partial charge in [0.2, 0.25) is 0 Å². The summed E-state index contributed by atoms with van der Waals surface area (Å²) in [5, 5.41) is 3.26. The minimum absolute atomic E-state index is 0.169. The molecule has 0 spiro atoms. The molecule has 0 radical (unpaired) electrons. The number of nitrogens with zero attached hydrogens (tertiary/aromatic N) is 1.